The number of fused-ring (bicyclic) bond motifs is 1. The van der Waals surface area contributed by atoms with Crippen LogP contribution in [0.1, 0.15) is 23.1 Å². The van der Waals surface area contributed by atoms with Crippen LogP contribution in [0.5, 0.6) is 5.75 Å². The average molecular weight is 251 g/mol. The maximum atomic E-state index is 11.0. The van der Waals surface area contributed by atoms with Gasteiger partial charge in [0.05, 0.1) is 18.2 Å². The second-order valence-corrected chi connectivity index (χ2v) is 4.64. The predicted molar refractivity (Wildman–Crippen MR) is 70.7 cm³/mol. The molecule has 1 N–H and O–H groups in total. The minimum absolute atomic E-state index is 0.480. The summed E-state index contributed by atoms with van der Waals surface area (Å²) in [6, 6.07) is 16.7. The SMILES string of the molecule is N#Cc1ccc([C@@]2(O)CCOc3ccccc32)cc1. The van der Waals surface area contributed by atoms with Crippen molar-refractivity contribution in [2.24, 2.45) is 0 Å². The fourth-order valence-electron chi connectivity index (χ4n) is 2.50. The van der Waals surface area contributed by atoms with Gasteiger partial charge in [0.25, 0.3) is 0 Å². The molecule has 3 heteroatoms. The van der Waals surface area contributed by atoms with Crippen molar-refractivity contribution in [1.82, 2.24) is 0 Å². The molecule has 0 amide bonds. The summed E-state index contributed by atoms with van der Waals surface area (Å²) in [6.07, 6.45) is 0.510. The van der Waals surface area contributed by atoms with Crippen LogP contribution in [0.15, 0.2) is 48.5 Å². The van der Waals surface area contributed by atoms with Crippen molar-refractivity contribution in [3.8, 4) is 11.8 Å². The van der Waals surface area contributed by atoms with Gasteiger partial charge in [-0.2, -0.15) is 5.26 Å². The van der Waals surface area contributed by atoms with Gasteiger partial charge in [-0.05, 0) is 23.8 Å². The summed E-state index contributed by atoms with van der Waals surface area (Å²) in [7, 11) is 0. The third-order valence-corrected chi connectivity index (χ3v) is 3.55. The topological polar surface area (TPSA) is 53.2 Å². The Kier molecular flexibility index (Phi) is 2.73. The number of rotatable bonds is 1. The fourth-order valence-corrected chi connectivity index (χ4v) is 2.50. The van der Waals surface area contributed by atoms with E-state index in [0.29, 0.717) is 18.6 Å². The van der Waals surface area contributed by atoms with Crippen molar-refractivity contribution in [3.05, 3.63) is 65.2 Å². The zero-order valence-corrected chi connectivity index (χ0v) is 10.3. The van der Waals surface area contributed by atoms with Crippen LogP contribution in [-0.2, 0) is 5.60 Å². The Bertz CT molecular complexity index is 643. The molecule has 3 nitrogen and oxygen atoms in total. The molecule has 0 radical (unpaired) electrons. The van der Waals surface area contributed by atoms with E-state index in [-0.39, 0.29) is 0 Å². The molecule has 2 aromatic carbocycles. The first-order valence-electron chi connectivity index (χ1n) is 6.19. The van der Waals surface area contributed by atoms with Crippen molar-refractivity contribution >= 4 is 0 Å². The van der Waals surface area contributed by atoms with Crippen LogP contribution >= 0.6 is 0 Å². The van der Waals surface area contributed by atoms with Gasteiger partial charge in [0.1, 0.15) is 11.4 Å². The predicted octanol–water partition coefficient (Wildman–Crippen LogP) is 2.58. The van der Waals surface area contributed by atoms with E-state index >= 15 is 0 Å². The second kappa shape index (κ2) is 4.42. The first kappa shape index (κ1) is 11.8. The minimum atomic E-state index is -1.04. The molecule has 0 spiro atoms. The summed E-state index contributed by atoms with van der Waals surface area (Å²) < 4.78 is 5.57. The van der Waals surface area contributed by atoms with Crippen molar-refractivity contribution in [2.75, 3.05) is 6.61 Å². The summed E-state index contributed by atoms with van der Waals surface area (Å²) in [5.74, 6) is 0.723. The van der Waals surface area contributed by atoms with Crippen molar-refractivity contribution < 1.29 is 9.84 Å². The molecule has 0 unspecified atom stereocenters. The number of nitrogens with zero attached hydrogens (tertiary/aromatic N) is 1. The molecule has 1 aliphatic rings. The number of para-hydroxylation sites is 1. The molecular weight excluding hydrogens is 238 g/mol. The van der Waals surface area contributed by atoms with E-state index in [1.54, 1.807) is 24.3 Å². The molecule has 19 heavy (non-hydrogen) atoms. The molecule has 0 fully saturated rings. The summed E-state index contributed by atoms with van der Waals surface area (Å²) in [6.45, 7) is 0.480. The molecule has 2 aromatic rings. The van der Waals surface area contributed by atoms with Gasteiger partial charge in [0.2, 0.25) is 0 Å². The summed E-state index contributed by atoms with van der Waals surface area (Å²) in [5, 5.41) is 19.8. The molecule has 0 saturated carbocycles. The highest BCUT2D eigenvalue weighted by Gasteiger charge is 2.37. The van der Waals surface area contributed by atoms with Crippen molar-refractivity contribution in [2.45, 2.75) is 12.0 Å². The second-order valence-electron chi connectivity index (χ2n) is 4.64. The van der Waals surface area contributed by atoms with Gasteiger partial charge in [-0.25, -0.2) is 0 Å². The molecule has 1 heterocycles. The Morgan fingerprint density at radius 3 is 2.58 bits per heavy atom. The maximum Gasteiger partial charge on any atom is 0.125 e. The molecule has 0 saturated heterocycles. The Morgan fingerprint density at radius 1 is 1.11 bits per heavy atom. The van der Waals surface area contributed by atoms with Crippen LogP contribution in [0, 0.1) is 11.3 Å². The molecule has 3 rings (SSSR count). The summed E-state index contributed by atoms with van der Waals surface area (Å²) in [4.78, 5) is 0. The van der Waals surface area contributed by atoms with Gasteiger partial charge >= 0.3 is 0 Å². The quantitative estimate of drug-likeness (QED) is 0.847. The lowest BCUT2D eigenvalue weighted by atomic mass is 9.82. The average Bonchev–Trinajstić information content (AvgIpc) is 2.48. The van der Waals surface area contributed by atoms with E-state index in [2.05, 4.69) is 6.07 Å². The highest BCUT2D eigenvalue weighted by Crippen LogP contribution is 2.41. The number of aliphatic hydroxyl groups is 1. The van der Waals surface area contributed by atoms with Crippen LogP contribution in [-0.4, -0.2) is 11.7 Å². The van der Waals surface area contributed by atoms with Gasteiger partial charge in [0, 0.05) is 12.0 Å². The van der Waals surface area contributed by atoms with Crippen molar-refractivity contribution in [3.63, 3.8) is 0 Å². The standard InChI is InChI=1S/C16H13NO2/c17-11-12-5-7-13(8-6-12)16(18)9-10-19-15-4-2-1-3-14(15)16/h1-8,18H,9-10H2/t16-/m0/s1. The fraction of sp³-hybridized carbons (Fsp3) is 0.188. The number of hydrogen-bond acceptors (Lipinski definition) is 3. The lowest BCUT2D eigenvalue weighted by molar-refractivity contribution is 0.0349. The Balaban J connectivity index is 2.11. The highest BCUT2D eigenvalue weighted by molar-refractivity contribution is 5.47. The zero-order chi connectivity index (χ0) is 13.3. The smallest absolute Gasteiger partial charge is 0.125 e. The summed E-state index contributed by atoms with van der Waals surface area (Å²) in [5.41, 5.74) is 1.13. The normalized spacial score (nSPS) is 21.1. The Labute approximate surface area is 111 Å². The van der Waals surface area contributed by atoms with Crippen LogP contribution < -0.4 is 4.74 Å². The first-order chi connectivity index (χ1) is 9.24. The van der Waals surface area contributed by atoms with E-state index < -0.39 is 5.60 Å². The molecule has 1 aliphatic heterocycles. The minimum Gasteiger partial charge on any atom is -0.493 e. The number of ether oxygens (including phenoxy) is 1. The lowest BCUT2D eigenvalue weighted by Gasteiger charge is -2.34. The van der Waals surface area contributed by atoms with Gasteiger partial charge < -0.3 is 9.84 Å². The van der Waals surface area contributed by atoms with Gasteiger partial charge in [-0.1, -0.05) is 30.3 Å². The molecule has 0 aliphatic carbocycles. The van der Waals surface area contributed by atoms with Crippen molar-refractivity contribution in [1.29, 1.82) is 5.26 Å². The van der Waals surface area contributed by atoms with Crippen LogP contribution in [0.3, 0.4) is 0 Å². The molecule has 94 valence electrons. The van der Waals surface area contributed by atoms with Crippen LogP contribution in [0.2, 0.25) is 0 Å². The Morgan fingerprint density at radius 2 is 1.84 bits per heavy atom. The van der Waals surface area contributed by atoms with Crippen LogP contribution in [0.25, 0.3) is 0 Å². The molecular formula is C16H13NO2. The number of nitriles is 1. The number of hydrogen-bond donors (Lipinski definition) is 1. The van der Waals surface area contributed by atoms with Gasteiger partial charge in [0.15, 0.2) is 0 Å². The molecule has 0 bridgehead atoms. The Hall–Kier alpha value is -2.31. The largest absolute Gasteiger partial charge is 0.493 e. The monoisotopic (exact) mass is 251 g/mol. The van der Waals surface area contributed by atoms with E-state index in [4.69, 9.17) is 10.00 Å². The third-order valence-electron chi connectivity index (χ3n) is 3.55. The maximum absolute atomic E-state index is 11.0. The van der Waals surface area contributed by atoms with Gasteiger partial charge in [-0.3, -0.25) is 0 Å². The number of benzene rings is 2. The first-order valence-corrected chi connectivity index (χ1v) is 6.19. The van der Waals surface area contributed by atoms with E-state index in [9.17, 15) is 5.11 Å². The van der Waals surface area contributed by atoms with Gasteiger partial charge in [-0.15, -0.1) is 0 Å². The zero-order valence-electron chi connectivity index (χ0n) is 10.3. The van der Waals surface area contributed by atoms with E-state index in [1.165, 1.54) is 0 Å². The lowest BCUT2D eigenvalue weighted by Crippen LogP contribution is -2.33. The van der Waals surface area contributed by atoms with E-state index in [1.807, 2.05) is 24.3 Å². The molecule has 0 aromatic heterocycles. The third kappa shape index (κ3) is 1.87. The highest BCUT2D eigenvalue weighted by atomic mass is 16.5. The van der Waals surface area contributed by atoms with Crippen LogP contribution in [0.4, 0.5) is 0 Å². The summed E-state index contributed by atoms with van der Waals surface area (Å²) >= 11 is 0. The molecule has 1 atom stereocenters. The van der Waals surface area contributed by atoms with E-state index in [0.717, 1.165) is 16.9 Å².